The summed E-state index contributed by atoms with van der Waals surface area (Å²) in [5.74, 6) is -0.246. The van der Waals surface area contributed by atoms with Gasteiger partial charge in [0.15, 0.2) is 0 Å². The van der Waals surface area contributed by atoms with Crippen molar-refractivity contribution in [3.63, 3.8) is 0 Å². The molecule has 1 amide bonds. The number of benzene rings is 2. The molecule has 2 aromatic rings. The zero-order chi connectivity index (χ0) is 18.9. The molecule has 0 spiro atoms. The van der Waals surface area contributed by atoms with Crippen LogP contribution in [0.15, 0.2) is 54.6 Å². The topological polar surface area (TPSA) is 75.5 Å². The number of nitrogens with zero attached hydrogens (tertiary/aromatic N) is 2. The molecule has 0 radical (unpaired) electrons. The molecule has 0 saturated heterocycles. The first-order valence-corrected chi connectivity index (χ1v) is 8.57. The summed E-state index contributed by atoms with van der Waals surface area (Å²) in [5, 5.41) is 13.6. The molecular weight excluding hydrogens is 330 g/mol. The molecule has 1 N–H and O–H groups in total. The summed E-state index contributed by atoms with van der Waals surface area (Å²) in [6.45, 7) is 6.57. The lowest BCUT2D eigenvalue weighted by Crippen LogP contribution is -2.22. The van der Waals surface area contributed by atoms with Crippen LogP contribution in [0.5, 0.6) is 0 Å². The van der Waals surface area contributed by atoms with Gasteiger partial charge in [0.2, 0.25) is 5.91 Å². The number of nitro groups is 1. The number of amides is 1. The van der Waals surface area contributed by atoms with Gasteiger partial charge < -0.3 is 10.2 Å². The third kappa shape index (κ3) is 5.44. The van der Waals surface area contributed by atoms with Crippen LogP contribution in [0.1, 0.15) is 25.0 Å². The van der Waals surface area contributed by atoms with Crippen LogP contribution in [0.3, 0.4) is 0 Å². The van der Waals surface area contributed by atoms with Crippen molar-refractivity contribution < 1.29 is 9.72 Å². The summed E-state index contributed by atoms with van der Waals surface area (Å²) in [6, 6.07) is 14.2. The van der Waals surface area contributed by atoms with Gasteiger partial charge in [-0.15, -0.1) is 0 Å². The van der Waals surface area contributed by atoms with Crippen LogP contribution in [-0.4, -0.2) is 23.9 Å². The molecule has 2 rings (SSSR count). The quantitative estimate of drug-likeness (QED) is 0.445. The highest BCUT2D eigenvalue weighted by molar-refractivity contribution is 5.91. The Kier molecular flexibility index (Phi) is 6.91. The van der Waals surface area contributed by atoms with Crippen molar-refractivity contribution in [2.75, 3.05) is 18.0 Å². The fourth-order valence-electron chi connectivity index (χ4n) is 2.58. The summed E-state index contributed by atoms with van der Waals surface area (Å²) in [6.07, 6.45) is 2.94. The number of nitrogens with one attached hydrogen (secondary N) is 1. The number of nitro benzene ring substituents is 1. The summed E-state index contributed by atoms with van der Waals surface area (Å²) in [4.78, 5) is 24.5. The molecular formula is C20H23N3O3. The highest BCUT2D eigenvalue weighted by Gasteiger charge is 2.05. The molecule has 0 aliphatic rings. The second kappa shape index (κ2) is 9.36. The van der Waals surface area contributed by atoms with Crippen molar-refractivity contribution in [1.29, 1.82) is 0 Å². The molecule has 0 atom stereocenters. The molecule has 0 aliphatic heterocycles. The number of non-ortho nitro benzene ring substituents is 1. The molecule has 6 nitrogen and oxygen atoms in total. The van der Waals surface area contributed by atoms with Crippen LogP contribution < -0.4 is 10.2 Å². The monoisotopic (exact) mass is 353 g/mol. The highest BCUT2D eigenvalue weighted by Crippen LogP contribution is 2.15. The molecule has 136 valence electrons. The van der Waals surface area contributed by atoms with Crippen LogP contribution >= 0.6 is 0 Å². The third-order valence-corrected chi connectivity index (χ3v) is 4.04. The van der Waals surface area contributed by atoms with Gasteiger partial charge >= 0.3 is 0 Å². The molecule has 0 unspecified atom stereocenters. The zero-order valence-corrected chi connectivity index (χ0v) is 15.0. The van der Waals surface area contributed by atoms with Gasteiger partial charge in [-0.1, -0.05) is 24.3 Å². The van der Waals surface area contributed by atoms with E-state index in [9.17, 15) is 14.9 Å². The minimum absolute atomic E-state index is 0.000787. The first kappa shape index (κ1) is 19.2. The lowest BCUT2D eigenvalue weighted by atomic mass is 10.2. The van der Waals surface area contributed by atoms with Gasteiger partial charge in [-0.3, -0.25) is 14.9 Å². The van der Waals surface area contributed by atoms with E-state index in [1.165, 1.54) is 18.2 Å². The fraction of sp³-hybridized carbons (Fsp3) is 0.250. The van der Waals surface area contributed by atoms with E-state index in [1.54, 1.807) is 18.2 Å². The van der Waals surface area contributed by atoms with Gasteiger partial charge in [0.05, 0.1) is 4.92 Å². The van der Waals surface area contributed by atoms with Crippen LogP contribution in [0.4, 0.5) is 11.4 Å². The molecule has 6 heteroatoms. The summed E-state index contributed by atoms with van der Waals surface area (Å²) in [5.41, 5.74) is 2.78. The Morgan fingerprint density at radius 3 is 2.46 bits per heavy atom. The fourth-order valence-corrected chi connectivity index (χ4v) is 2.58. The summed E-state index contributed by atoms with van der Waals surface area (Å²) >= 11 is 0. The van der Waals surface area contributed by atoms with Gasteiger partial charge in [-0.05, 0) is 43.2 Å². The van der Waals surface area contributed by atoms with Crippen molar-refractivity contribution in [3.05, 3.63) is 75.8 Å². The van der Waals surface area contributed by atoms with Crippen molar-refractivity contribution >= 4 is 23.4 Å². The maximum Gasteiger partial charge on any atom is 0.270 e. The predicted octanol–water partition coefficient (Wildman–Crippen LogP) is 3.77. The van der Waals surface area contributed by atoms with E-state index in [0.29, 0.717) is 12.1 Å². The lowest BCUT2D eigenvalue weighted by molar-refractivity contribution is -0.384. The minimum atomic E-state index is -0.459. The average molecular weight is 353 g/mol. The summed E-state index contributed by atoms with van der Waals surface area (Å²) in [7, 11) is 0. The molecule has 26 heavy (non-hydrogen) atoms. The first-order valence-electron chi connectivity index (χ1n) is 8.57. The SMILES string of the molecule is CCN(CC)c1ccc(CNC(=O)/C=C/c2cccc([N+](=O)[O-])c2)cc1. The number of anilines is 1. The second-order valence-electron chi connectivity index (χ2n) is 5.74. The lowest BCUT2D eigenvalue weighted by Gasteiger charge is -2.21. The van der Waals surface area contributed by atoms with E-state index >= 15 is 0 Å². The van der Waals surface area contributed by atoms with Gasteiger partial charge in [0.25, 0.3) is 5.69 Å². The number of carbonyl (C=O) groups is 1. The van der Waals surface area contributed by atoms with Gasteiger partial charge in [-0.2, -0.15) is 0 Å². The normalized spacial score (nSPS) is 10.7. The highest BCUT2D eigenvalue weighted by atomic mass is 16.6. The standard InChI is InChI=1S/C20H23N3O3/c1-3-22(4-2)18-11-8-17(9-12-18)15-21-20(24)13-10-16-6-5-7-19(14-16)23(25)26/h5-14H,3-4,15H2,1-2H3,(H,21,24)/b13-10+. The Hall–Kier alpha value is -3.15. The average Bonchev–Trinajstić information content (AvgIpc) is 2.67. The van der Waals surface area contributed by atoms with Crippen molar-refractivity contribution in [2.45, 2.75) is 20.4 Å². The molecule has 0 aromatic heterocycles. The van der Waals surface area contributed by atoms with Gasteiger partial charge in [0, 0.05) is 43.5 Å². The van der Waals surface area contributed by atoms with Crippen LogP contribution in [-0.2, 0) is 11.3 Å². The van der Waals surface area contributed by atoms with E-state index in [1.807, 2.05) is 24.3 Å². The largest absolute Gasteiger partial charge is 0.372 e. The number of hydrogen-bond acceptors (Lipinski definition) is 4. The molecule has 0 heterocycles. The summed E-state index contributed by atoms with van der Waals surface area (Å²) < 4.78 is 0. The number of hydrogen-bond donors (Lipinski definition) is 1. The first-order chi connectivity index (χ1) is 12.5. The molecule has 0 fully saturated rings. The smallest absolute Gasteiger partial charge is 0.270 e. The Morgan fingerprint density at radius 1 is 1.15 bits per heavy atom. The Morgan fingerprint density at radius 2 is 1.85 bits per heavy atom. The van der Waals surface area contributed by atoms with Crippen LogP contribution in [0, 0.1) is 10.1 Å². The minimum Gasteiger partial charge on any atom is -0.372 e. The molecule has 2 aromatic carbocycles. The maximum absolute atomic E-state index is 11.9. The Bertz CT molecular complexity index is 781. The maximum atomic E-state index is 11.9. The van der Waals surface area contributed by atoms with Crippen molar-refractivity contribution in [2.24, 2.45) is 0 Å². The van der Waals surface area contributed by atoms with E-state index < -0.39 is 4.92 Å². The van der Waals surface area contributed by atoms with Crippen molar-refractivity contribution in [3.8, 4) is 0 Å². The molecule has 0 aliphatic carbocycles. The Balaban J connectivity index is 1.90. The van der Waals surface area contributed by atoms with Crippen molar-refractivity contribution in [1.82, 2.24) is 5.32 Å². The van der Waals surface area contributed by atoms with E-state index in [-0.39, 0.29) is 11.6 Å². The third-order valence-electron chi connectivity index (χ3n) is 4.04. The van der Waals surface area contributed by atoms with Crippen LogP contribution in [0.25, 0.3) is 6.08 Å². The molecule has 0 saturated carbocycles. The van der Waals surface area contributed by atoms with E-state index in [2.05, 4.69) is 24.1 Å². The van der Waals surface area contributed by atoms with E-state index in [4.69, 9.17) is 0 Å². The zero-order valence-electron chi connectivity index (χ0n) is 15.0. The number of rotatable bonds is 8. The van der Waals surface area contributed by atoms with E-state index in [0.717, 1.165) is 24.3 Å². The number of carbonyl (C=O) groups excluding carboxylic acids is 1. The predicted molar refractivity (Wildman–Crippen MR) is 104 cm³/mol. The molecule has 0 bridgehead atoms. The Labute approximate surface area is 153 Å². The van der Waals surface area contributed by atoms with Crippen LogP contribution in [0.2, 0.25) is 0 Å². The van der Waals surface area contributed by atoms with Gasteiger partial charge in [-0.25, -0.2) is 0 Å². The second-order valence-corrected chi connectivity index (χ2v) is 5.74. The van der Waals surface area contributed by atoms with Gasteiger partial charge in [0.1, 0.15) is 0 Å².